The number of aromatic hydroxyl groups is 1. The summed E-state index contributed by atoms with van der Waals surface area (Å²) in [5.74, 6) is -7.78. The average molecular weight is 847 g/mol. The van der Waals surface area contributed by atoms with Crippen LogP contribution in [-0.2, 0) is 35.3 Å². The first-order valence-corrected chi connectivity index (χ1v) is 19.3. The number of nitrogens with zero attached hydrogens (tertiary/aromatic N) is 8. The van der Waals surface area contributed by atoms with Crippen LogP contribution in [0.25, 0.3) is 11.4 Å². The van der Waals surface area contributed by atoms with Crippen LogP contribution in [0.2, 0.25) is 0 Å². The molecule has 2 aromatic heterocycles. The fourth-order valence-electron chi connectivity index (χ4n) is 5.97. The summed E-state index contributed by atoms with van der Waals surface area (Å²) in [6, 6.07) is 9.91. The first-order chi connectivity index (χ1) is 28.1. The number of imide groups is 1. The minimum atomic E-state index is -1.60. The number of carbonyl (C=O) groups is 7. The third-order valence-electron chi connectivity index (χ3n) is 8.92. The summed E-state index contributed by atoms with van der Waals surface area (Å²) < 4.78 is 1.04. The molecular weight excluding hydrogens is 813 g/mol. The molecule has 2 aliphatic heterocycles. The molecule has 5 amide bonds. The van der Waals surface area contributed by atoms with Gasteiger partial charge in [-0.3, -0.25) is 38.6 Å². The maximum Gasteiger partial charge on any atom is 0.352 e. The highest BCUT2D eigenvalue weighted by atomic mass is 32.2. The van der Waals surface area contributed by atoms with Crippen molar-refractivity contribution in [2.24, 2.45) is 17.2 Å². The smallest absolute Gasteiger partial charge is 0.352 e. The molecule has 0 radical (unpaired) electrons. The van der Waals surface area contributed by atoms with Crippen LogP contribution >= 0.6 is 23.5 Å². The molecule has 1 fully saturated rings. The van der Waals surface area contributed by atoms with Gasteiger partial charge in [0.05, 0.1) is 6.04 Å². The van der Waals surface area contributed by atoms with Gasteiger partial charge in [-0.05, 0) is 52.8 Å². The highest BCUT2D eigenvalue weighted by Gasteiger charge is 2.59. The number of benzene rings is 2. The van der Waals surface area contributed by atoms with Crippen molar-refractivity contribution in [1.29, 1.82) is 0 Å². The average Bonchev–Trinajstić information content (AvgIpc) is 3.66. The van der Waals surface area contributed by atoms with Gasteiger partial charge in [0.2, 0.25) is 22.9 Å². The molecule has 10 N–H and O–H groups in total. The van der Waals surface area contributed by atoms with Gasteiger partial charge in [0, 0.05) is 34.9 Å². The number of aromatic nitrogens is 6. The Morgan fingerprint density at radius 2 is 1.73 bits per heavy atom. The molecule has 24 heteroatoms. The van der Waals surface area contributed by atoms with Crippen molar-refractivity contribution in [2.75, 3.05) is 11.1 Å². The van der Waals surface area contributed by atoms with Gasteiger partial charge in [0.25, 0.3) is 17.7 Å². The maximum atomic E-state index is 14.4. The molecule has 306 valence electrons. The number of nitrogens with one attached hydrogen (secondary N) is 1. The number of rotatable bonds is 16. The lowest BCUT2D eigenvalue weighted by atomic mass is 9.98. The summed E-state index contributed by atoms with van der Waals surface area (Å²) in [4.78, 5) is 99.3. The standard InChI is InChI=1S/C35H34N12O10S2/c36-21(10-11-23(37)48)29(52)40-18-8-6-17(7-9-18)27-39-13-20(28(51)41-27)30(53)47(31(54)25(38)16-4-2-1-3-5-16)26-32(55)46-22(34(56)57)12-19(59-33(26)46)15-58-35-42-43-44-45(35)14-24(49)50/h1-9,12-13,19,21,25-26,33H,10-11,14-15,36,38H2,(H2,37,48)(H,40,52)(H,49,50)(H,56,57)(H,39,41,51)/t19?,21-,25?,26?,33-/m0/s1. The monoisotopic (exact) mass is 846 g/mol. The molecule has 5 atom stereocenters. The molecule has 0 spiro atoms. The number of hydrogen-bond donors (Lipinski definition) is 7. The molecular formula is C35H34N12O10S2. The van der Waals surface area contributed by atoms with Gasteiger partial charge in [0.15, 0.2) is 5.82 Å². The summed E-state index contributed by atoms with van der Waals surface area (Å²) in [6.07, 6.45) is 2.26. The van der Waals surface area contributed by atoms with E-state index in [-0.39, 0.29) is 35.1 Å². The van der Waals surface area contributed by atoms with Crippen LogP contribution in [0, 0.1) is 0 Å². The Balaban J connectivity index is 1.26. The number of aliphatic carboxylic acids is 2. The number of hydrogen-bond acceptors (Lipinski definition) is 17. The predicted molar refractivity (Wildman–Crippen MR) is 206 cm³/mol. The Morgan fingerprint density at radius 1 is 1.02 bits per heavy atom. The maximum absolute atomic E-state index is 14.4. The van der Waals surface area contributed by atoms with Crippen molar-refractivity contribution in [3.05, 3.63) is 83.7 Å². The lowest BCUT2D eigenvalue weighted by molar-refractivity contribution is -0.157. The zero-order valence-electron chi connectivity index (χ0n) is 30.4. The molecule has 0 saturated carbocycles. The molecule has 4 aromatic rings. The third kappa shape index (κ3) is 9.19. The van der Waals surface area contributed by atoms with Crippen LogP contribution in [-0.4, -0.2) is 125 Å². The second kappa shape index (κ2) is 17.8. The predicted octanol–water partition coefficient (Wildman–Crippen LogP) is -0.466. The number of carboxylic acid groups (broad SMARTS) is 2. The minimum absolute atomic E-state index is 0.0483. The van der Waals surface area contributed by atoms with E-state index in [1.807, 2.05) is 0 Å². The number of carboxylic acids is 2. The normalized spacial score (nSPS) is 18.1. The van der Waals surface area contributed by atoms with E-state index in [4.69, 9.17) is 17.2 Å². The SMILES string of the molecule is NC(=O)CC[C@H](N)C(=O)Nc1ccc(-c2ncc(C(=O)N(C(=O)C(N)c3ccccc3)C3C(=O)N4C(C(=O)O)=CC(CSc5nnnn5CC(=O)O)S[C@@H]34)c(O)n2)cc1. The summed E-state index contributed by atoms with van der Waals surface area (Å²) in [5, 5.41) is 42.2. The van der Waals surface area contributed by atoms with Gasteiger partial charge >= 0.3 is 11.9 Å². The molecule has 59 heavy (non-hydrogen) atoms. The second-order valence-corrected chi connectivity index (χ2v) is 15.3. The summed E-state index contributed by atoms with van der Waals surface area (Å²) in [6.45, 7) is -0.530. The van der Waals surface area contributed by atoms with Crippen LogP contribution in [0.15, 0.2) is 77.7 Å². The van der Waals surface area contributed by atoms with E-state index < -0.39 is 93.9 Å². The number of β-lactam (4-membered cyclic amide) rings is 1. The number of anilines is 1. The molecule has 3 unspecified atom stereocenters. The first kappa shape index (κ1) is 41.9. The fourth-order valence-corrected chi connectivity index (χ4v) is 8.54. The number of fused-ring (bicyclic) bond motifs is 1. The van der Waals surface area contributed by atoms with Crippen molar-refractivity contribution >= 4 is 70.7 Å². The van der Waals surface area contributed by atoms with E-state index in [0.717, 1.165) is 39.3 Å². The van der Waals surface area contributed by atoms with E-state index in [1.165, 1.54) is 42.5 Å². The highest BCUT2D eigenvalue weighted by molar-refractivity contribution is 8.03. The van der Waals surface area contributed by atoms with Crippen molar-refractivity contribution in [1.82, 2.24) is 40.0 Å². The molecule has 0 aliphatic carbocycles. The molecule has 4 heterocycles. The lowest BCUT2D eigenvalue weighted by Gasteiger charge is -2.52. The van der Waals surface area contributed by atoms with Crippen LogP contribution in [0.1, 0.15) is 34.8 Å². The van der Waals surface area contributed by atoms with Gasteiger partial charge in [-0.25, -0.2) is 14.5 Å². The highest BCUT2D eigenvalue weighted by Crippen LogP contribution is 2.45. The Kier molecular flexibility index (Phi) is 12.6. The summed E-state index contributed by atoms with van der Waals surface area (Å²) >= 11 is 2.07. The minimum Gasteiger partial charge on any atom is -0.493 e. The van der Waals surface area contributed by atoms with Crippen molar-refractivity contribution < 1.29 is 48.9 Å². The molecule has 1 saturated heterocycles. The van der Waals surface area contributed by atoms with Crippen LogP contribution < -0.4 is 22.5 Å². The molecule has 22 nitrogen and oxygen atoms in total. The van der Waals surface area contributed by atoms with Crippen LogP contribution in [0.5, 0.6) is 5.88 Å². The van der Waals surface area contributed by atoms with E-state index in [0.29, 0.717) is 16.2 Å². The summed E-state index contributed by atoms with van der Waals surface area (Å²) in [5.41, 5.74) is 17.3. The zero-order valence-corrected chi connectivity index (χ0v) is 32.0. The second-order valence-electron chi connectivity index (χ2n) is 12.9. The van der Waals surface area contributed by atoms with Crippen molar-refractivity contribution in [3.63, 3.8) is 0 Å². The Hall–Kier alpha value is -6.76. The molecule has 6 rings (SSSR count). The molecule has 0 bridgehead atoms. The van der Waals surface area contributed by atoms with Gasteiger partial charge < -0.3 is 37.8 Å². The van der Waals surface area contributed by atoms with E-state index in [1.54, 1.807) is 18.2 Å². The third-order valence-corrected chi connectivity index (χ3v) is 11.6. The Labute approximate surface area is 341 Å². The molecule has 2 aliphatic rings. The van der Waals surface area contributed by atoms with E-state index in [9.17, 15) is 48.9 Å². The first-order valence-electron chi connectivity index (χ1n) is 17.4. The number of tetrazole rings is 1. The van der Waals surface area contributed by atoms with Gasteiger partial charge in [-0.15, -0.1) is 16.9 Å². The van der Waals surface area contributed by atoms with Crippen LogP contribution in [0.4, 0.5) is 5.69 Å². The van der Waals surface area contributed by atoms with E-state index in [2.05, 4.69) is 30.8 Å². The fraction of sp³-hybridized carbons (Fsp3) is 0.257. The number of primary amides is 1. The quantitative estimate of drug-likeness (QED) is 0.0554. The number of thioether (sulfide) groups is 2. The van der Waals surface area contributed by atoms with E-state index >= 15 is 0 Å². The number of amides is 5. The van der Waals surface area contributed by atoms with Gasteiger partial charge in [-0.2, -0.15) is 4.98 Å². The Morgan fingerprint density at radius 3 is 2.37 bits per heavy atom. The molecule has 2 aromatic carbocycles. The topological polar surface area (TPSA) is 346 Å². The van der Waals surface area contributed by atoms with Crippen molar-refractivity contribution in [3.8, 4) is 17.3 Å². The Bertz CT molecular complexity index is 2350. The largest absolute Gasteiger partial charge is 0.493 e. The lowest BCUT2D eigenvalue weighted by Crippen LogP contribution is -2.73. The number of carbonyl (C=O) groups excluding carboxylic acids is 5. The number of nitrogens with two attached hydrogens (primary N) is 3. The van der Waals surface area contributed by atoms with Crippen LogP contribution in [0.3, 0.4) is 0 Å². The van der Waals surface area contributed by atoms with Gasteiger partial charge in [0.1, 0.15) is 35.3 Å². The summed E-state index contributed by atoms with van der Waals surface area (Å²) in [7, 11) is 0. The van der Waals surface area contributed by atoms with Crippen molar-refractivity contribution in [2.45, 2.75) is 53.3 Å². The van der Waals surface area contributed by atoms with Gasteiger partial charge in [-0.1, -0.05) is 42.1 Å². The zero-order chi connectivity index (χ0) is 42.5.